The molecule has 0 bridgehead atoms. The van der Waals surface area contributed by atoms with Crippen LogP contribution in [0.2, 0.25) is 0 Å². The average molecular weight is 515 g/mol. The summed E-state index contributed by atoms with van der Waals surface area (Å²) >= 11 is 0. The van der Waals surface area contributed by atoms with E-state index < -0.39 is 0 Å². The van der Waals surface area contributed by atoms with Crippen molar-refractivity contribution in [1.82, 2.24) is 19.5 Å². The topological polar surface area (TPSA) is 56.7 Å². The number of fused-ring (bicyclic) bond motifs is 4. The molecule has 0 spiro atoms. The monoisotopic (exact) mass is 514 g/mol. The third-order valence-electron chi connectivity index (χ3n) is 7.35. The molecular formula is C35H22N4O. The third kappa shape index (κ3) is 3.60. The summed E-state index contributed by atoms with van der Waals surface area (Å²) in [4.78, 5) is 14.1. The second-order valence-electron chi connectivity index (χ2n) is 9.73. The van der Waals surface area contributed by atoms with Gasteiger partial charge in [-0.2, -0.15) is 0 Å². The zero-order valence-corrected chi connectivity index (χ0v) is 21.4. The van der Waals surface area contributed by atoms with E-state index in [0.717, 1.165) is 61.3 Å². The van der Waals surface area contributed by atoms with Gasteiger partial charge in [-0.25, -0.2) is 4.98 Å². The van der Waals surface area contributed by atoms with E-state index in [-0.39, 0.29) is 0 Å². The fourth-order valence-corrected chi connectivity index (χ4v) is 5.51. The number of benzene rings is 4. The van der Waals surface area contributed by atoms with Gasteiger partial charge in [0.15, 0.2) is 5.58 Å². The van der Waals surface area contributed by atoms with Crippen LogP contribution >= 0.6 is 0 Å². The number of nitrogens with zero attached hydrogens (tertiary/aromatic N) is 4. The average Bonchev–Trinajstić information content (AvgIpc) is 3.61. The summed E-state index contributed by atoms with van der Waals surface area (Å²) in [5, 5.41) is 2.34. The van der Waals surface area contributed by atoms with E-state index in [1.807, 2.05) is 67.0 Å². The summed E-state index contributed by atoms with van der Waals surface area (Å²) in [6, 6.07) is 41.3. The minimum Gasteiger partial charge on any atom is -0.436 e. The highest BCUT2D eigenvalue weighted by Crippen LogP contribution is 2.39. The Kier molecular flexibility index (Phi) is 5.07. The molecule has 0 aliphatic carbocycles. The van der Waals surface area contributed by atoms with Gasteiger partial charge in [0.05, 0.1) is 28.1 Å². The Morgan fingerprint density at radius 3 is 2.10 bits per heavy atom. The molecule has 0 atom stereocenters. The van der Waals surface area contributed by atoms with Crippen molar-refractivity contribution in [2.75, 3.05) is 0 Å². The van der Waals surface area contributed by atoms with Crippen LogP contribution in [0.25, 0.3) is 72.6 Å². The lowest BCUT2D eigenvalue weighted by molar-refractivity contribution is 0.620. The summed E-state index contributed by atoms with van der Waals surface area (Å²) in [6.07, 6.45) is 3.66. The maximum absolute atomic E-state index is 6.15. The first-order valence-corrected chi connectivity index (χ1v) is 13.2. The molecule has 8 aromatic rings. The minimum absolute atomic E-state index is 0.604. The fraction of sp³-hybridized carbons (Fsp3) is 0. The Morgan fingerprint density at radius 1 is 0.550 bits per heavy atom. The molecule has 0 fully saturated rings. The van der Waals surface area contributed by atoms with Crippen molar-refractivity contribution in [3.63, 3.8) is 0 Å². The van der Waals surface area contributed by atoms with Crippen LogP contribution < -0.4 is 0 Å². The van der Waals surface area contributed by atoms with Crippen LogP contribution in [0, 0.1) is 0 Å². The van der Waals surface area contributed by atoms with Crippen LogP contribution in [0.1, 0.15) is 0 Å². The molecule has 0 N–H and O–H groups in total. The summed E-state index contributed by atoms with van der Waals surface area (Å²) in [6.45, 7) is 0. The highest BCUT2D eigenvalue weighted by Gasteiger charge is 2.19. The molecule has 0 radical (unpaired) electrons. The van der Waals surface area contributed by atoms with Gasteiger partial charge in [0.1, 0.15) is 5.52 Å². The van der Waals surface area contributed by atoms with E-state index in [4.69, 9.17) is 14.4 Å². The molecule has 0 aliphatic heterocycles. The fourth-order valence-electron chi connectivity index (χ4n) is 5.51. The molecule has 5 heteroatoms. The van der Waals surface area contributed by atoms with Gasteiger partial charge in [0, 0.05) is 39.9 Å². The lowest BCUT2D eigenvalue weighted by Gasteiger charge is -2.15. The van der Waals surface area contributed by atoms with Crippen LogP contribution in [0.15, 0.2) is 138 Å². The number of para-hydroxylation sites is 3. The van der Waals surface area contributed by atoms with Crippen molar-refractivity contribution in [3.05, 3.63) is 134 Å². The van der Waals surface area contributed by atoms with Crippen molar-refractivity contribution in [2.24, 2.45) is 0 Å². The lowest BCUT2D eigenvalue weighted by atomic mass is 10.0. The maximum atomic E-state index is 6.15. The predicted octanol–water partition coefficient (Wildman–Crippen LogP) is 8.72. The van der Waals surface area contributed by atoms with Gasteiger partial charge in [0.2, 0.25) is 5.89 Å². The second-order valence-corrected chi connectivity index (χ2v) is 9.73. The van der Waals surface area contributed by atoms with Crippen LogP contribution in [0.3, 0.4) is 0 Å². The van der Waals surface area contributed by atoms with Crippen LogP contribution in [0.5, 0.6) is 0 Å². The molecule has 40 heavy (non-hydrogen) atoms. The summed E-state index contributed by atoms with van der Waals surface area (Å²) in [5.74, 6) is 0.604. The number of hydrogen-bond donors (Lipinski definition) is 0. The highest BCUT2D eigenvalue weighted by atomic mass is 16.3. The first-order chi connectivity index (χ1) is 19.8. The van der Waals surface area contributed by atoms with E-state index in [2.05, 4.69) is 76.3 Å². The van der Waals surface area contributed by atoms with Crippen molar-refractivity contribution >= 4 is 32.9 Å². The zero-order valence-electron chi connectivity index (χ0n) is 21.4. The Hall–Kier alpha value is -5.55. The van der Waals surface area contributed by atoms with Crippen LogP contribution in [-0.2, 0) is 0 Å². The number of rotatable bonds is 4. The molecule has 4 heterocycles. The van der Waals surface area contributed by atoms with Gasteiger partial charge in [-0.3, -0.25) is 9.97 Å². The van der Waals surface area contributed by atoms with Gasteiger partial charge in [-0.15, -0.1) is 0 Å². The SMILES string of the molecule is c1ccc(-c2ccc(-c3ccccn3)c(-n3c4ccccc4c4ccc(-c5nc6ccccc6o5)cc43)c2)nc1. The number of aromatic nitrogens is 4. The van der Waals surface area contributed by atoms with Crippen molar-refractivity contribution in [3.8, 4) is 39.7 Å². The molecule has 5 nitrogen and oxygen atoms in total. The molecule has 0 saturated carbocycles. The van der Waals surface area contributed by atoms with Gasteiger partial charge in [-0.05, 0) is 60.7 Å². The predicted molar refractivity (Wildman–Crippen MR) is 160 cm³/mol. The minimum atomic E-state index is 0.604. The Balaban J connectivity index is 1.44. The highest BCUT2D eigenvalue weighted by molar-refractivity contribution is 6.10. The van der Waals surface area contributed by atoms with E-state index >= 15 is 0 Å². The molecule has 8 rings (SSSR count). The Bertz CT molecular complexity index is 2130. The van der Waals surface area contributed by atoms with Crippen LogP contribution in [0.4, 0.5) is 0 Å². The largest absolute Gasteiger partial charge is 0.436 e. The standard InChI is InChI=1S/C35H22N4O/c1-3-13-31-25(9-1)26-17-16-24(35-38-30-12-2-4-14-34(30)40-35)22-32(26)39(31)33-21-23(28-10-5-7-19-36-28)15-18-27(33)29-11-6-8-20-37-29/h1-22H. The number of hydrogen-bond acceptors (Lipinski definition) is 4. The summed E-state index contributed by atoms with van der Waals surface area (Å²) in [5.41, 5.74) is 9.66. The van der Waals surface area contributed by atoms with E-state index in [9.17, 15) is 0 Å². The first kappa shape index (κ1) is 22.4. The zero-order chi connectivity index (χ0) is 26.5. The van der Waals surface area contributed by atoms with Crippen molar-refractivity contribution in [2.45, 2.75) is 0 Å². The smallest absolute Gasteiger partial charge is 0.227 e. The van der Waals surface area contributed by atoms with E-state index in [0.29, 0.717) is 5.89 Å². The molecule has 0 aliphatic rings. The van der Waals surface area contributed by atoms with Gasteiger partial charge >= 0.3 is 0 Å². The van der Waals surface area contributed by atoms with E-state index in [1.54, 1.807) is 0 Å². The normalized spacial score (nSPS) is 11.5. The summed E-state index contributed by atoms with van der Waals surface area (Å²) in [7, 11) is 0. The molecular weight excluding hydrogens is 492 g/mol. The molecule has 4 aromatic heterocycles. The molecule has 188 valence electrons. The third-order valence-corrected chi connectivity index (χ3v) is 7.35. The number of pyridine rings is 2. The van der Waals surface area contributed by atoms with E-state index in [1.165, 1.54) is 5.39 Å². The molecule has 4 aromatic carbocycles. The summed E-state index contributed by atoms with van der Waals surface area (Å²) < 4.78 is 8.48. The second kappa shape index (κ2) is 9.03. The van der Waals surface area contributed by atoms with Gasteiger partial charge in [0.25, 0.3) is 0 Å². The molecule has 0 saturated heterocycles. The van der Waals surface area contributed by atoms with Gasteiger partial charge in [-0.1, -0.05) is 60.7 Å². The maximum Gasteiger partial charge on any atom is 0.227 e. The van der Waals surface area contributed by atoms with Crippen molar-refractivity contribution in [1.29, 1.82) is 0 Å². The molecule has 0 unspecified atom stereocenters. The molecule has 0 amide bonds. The van der Waals surface area contributed by atoms with Crippen molar-refractivity contribution < 1.29 is 4.42 Å². The lowest BCUT2D eigenvalue weighted by Crippen LogP contribution is -1.99. The van der Waals surface area contributed by atoms with Crippen LogP contribution in [-0.4, -0.2) is 19.5 Å². The first-order valence-electron chi connectivity index (χ1n) is 13.2. The Labute approximate surface area is 230 Å². The number of oxazole rings is 1. The Morgan fingerprint density at radius 2 is 1.27 bits per heavy atom. The quantitative estimate of drug-likeness (QED) is 0.236. The van der Waals surface area contributed by atoms with Gasteiger partial charge < -0.3 is 8.98 Å².